The maximum absolute atomic E-state index is 12.6. The molecule has 0 fully saturated rings. The van der Waals surface area contributed by atoms with Crippen LogP contribution in [0.3, 0.4) is 0 Å². The Hall–Kier alpha value is -0.810. The van der Waals surface area contributed by atoms with Gasteiger partial charge >= 0.3 is 0 Å². The number of aromatic nitrogens is 3. The summed E-state index contributed by atoms with van der Waals surface area (Å²) in [6.45, 7) is 0.951. The van der Waals surface area contributed by atoms with E-state index in [0.717, 1.165) is 0 Å². The van der Waals surface area contributed by atoms with Gasteiger partial charge < -0.3 is 9.67 Å². The Morgan fingerprint density at radius 1 is 1.45 bits per heavy atom. The molecule has 3 heterocycles. The second kappa shape index (κ2) is 5.19. The van der Waals surface area contributed by atoms with Crippen molar-refractivity contribution in [2.75, 3.05) is 6.54 Å². The summed E-state index contributed by atoms with van der Waals surface area (Å²) in [5.41, 5.74) is 0. The molecule has 2 aromatic rings. The highest BCUT2D eigenvalue weighted by Gasteiger charge is 2.31. The maximum atomic E-state index is 12.6. The maximum Gasteiger partial charge on any atom is 0.245 e. The van der Waals surface area contributed by atoms with Crippen LogP contribution in [0.15, 0.2) is 21.1 Å². The molecule has 1 N–H and O–H groups in total. The number of hydrogen-bond donors (Lipinski definition) is 1. The molecule has 2 aromatic heterocycles. The molecule has 20 heavy (non-hydrogen) atoms. The largest absolute Gasteiger partial charge is 0.391 e. The Balaban J connectivity index is 1.95. The third kappa shape index (κ3) is 2.31. The summed E-state index contributed by atoms with van der Waals surface area (Å²) >= 11 is 4.47. The Kier molecular flexibility index (Phi) is 3.67. The summed E-state index contributed by atoms with van der Waals surface area (Å²) in [7, 11) is -3.60. The summed E-state index contributed by atoms with van der Waals surface area (Å²) in [4.78, 5) is 0.801. The van der Waals surface area contributed by atoms with Gasteiger partial charge in [0, 0.05) is 18.0 Å². The quantitative estimate of drug-likeness (QED) is 0.852. The van der Waals surface area contributed by atoms with Crippen LogP contribution < -0.4 is 0 Å². The molecule has 0 aliphatic carbocycles. The highest BCUT2D eigenvalue weighted by atomic mass is 79.9. The van der Waals surface area contributed by atoms with Crippen molar-refractivity contribution in [3.05, 3.63) is 26.9 Å². The van der Waals surface area contributed by atoms with Crippen LogP contribution in [-0.4, -0.2) is 39.1 Å². The Bertz CT molecular complexity index is 740. The Labute approximate surface area is 128 Å². The average Bonchev–Trinajstić information content (AvgIpc) is 3.03. The second-order valence-electron chi connectivity index (χ2n) is 4.29. The minimum atomic E-state index is -3.60. The zero-order valence-corrected chi connectivity index (χ0v) is 13.4. The summed E-state index contributed by atoms with van der Waals surface area (Å²) in [6.07, 6.45) is 1.60. The molecule has 1 aliphatic rings. The van der Waals surface area contributed by atoms with Crippen molar-refractivity contribution in [2.24, 2.45) is 0 Å². The highest BCUT2D eigenvalue weighted by Crippen LogP contribution is 2.34. The molecule has 10 heteroatoms. The molecule has 7 nitrogen and oxygen atoms in total. The van der Waals surface area contributed by atoms with Crippen molar-refractivity contribution < 1.29 is 13.5 Å². The van der Waals surface area contributed by atoms with Gasteiger partial charge in [-0.25, -0.2) is 8.42 Å². The van der Waals surface area contributed by atoms with E-state index in [0.29, 0.717) is 27.6 Å². The normalized spacial score (nSPS) is 16.3. The van der Waals surface area contributed by atoms with Crippen molar-refractivity contribution in [3.63, 3.8) is 0 Å². The Morgan fingerprint density at radius 3 is 2.95 bits per heavy atom. The van der Waals surface area contributed by atoms with Gasteiger partial charge in [0.2, 0.25) is 10.0 Å². The van der Waals surface area contributed by atoms with E-state index < -0.39 is 10.0 Å². The third-order valence-corrected chi connectivity index (χ3v) is 7.17. The minimum absolute atomic E-state index is 0.173. The molecule has 0 amide bonds. The SMILES string of the molecule is O=S(=O)(c1cc(CO)sc1Br)N1CCn2cnnc2C1. The molecule has 0 radical (unpaired) electrons. The second-order valence-corrected chi connectivity index (χ2v) is 8.65. The number of nitrogens with zero attached hydrogens (tertiary/aromatic N) is 4. The first-order valence-corrected chi connectivity index (χ1v) is 8.83. The highest BCUT2D eigenvalue weighted by molar-refractivity contribution is 9.11. The number of aliphatic hydroxyl groups is 1. The van der Waals surface area contributed by atoms with E-state index in [1.54, 1.807) is 6.33 Å². The van der Waals surface area contributed by atoms with E-state index in [9.17, 15) is 8.42 Å². The van der Waals surface area contributed by atoms with Gasteiger partial charge in [0.1, 0.15) is 17.0 Å². The first-order chi connectivity index (χ1) is 9.52. The van der Waals surface area contributed by atoms with Crippen LogP contribution >= 0.6 is 27.3 Å². The lowest BCUT2D eigenvalue weighted by Gasteiger charge is -2.26. The fourth-order valence-electron chi connectivity index (χ4n) is 2.04. The molecule has 0 spiro atoms. The average molecular weight is 379 g/mol. The van der Waals surface area contributed by atoms with E-state index >= 15 is 0 Å². The smallest absolute Gasteiger partial charge is 0.245 e. The van der Waals surface area contributed by atoms with Crippen molar-refractivity contribution in [1.29, 1.82) is 0 Å². The van der Waals surface area contributed by atoms with Crippen LogP contribution in [0.4, 0.5) is 0 Å². The van der Waals surface area contributed by atoms with E-state index in [-0.39, 0.29) is 18.0 Å². The first kappa shape index (κ1) is 14.1. The summed E-state index contributed by atoms with van der Waals surface area (Å²) in [5.74, 6) is 0.633. The van der Waals surface area contributed by atoms with Gasteiger partial charge in [-0.05, 0) is 22.0 Å². The molecule has 0 unspecified atom stereocenters. The van der Waals surface area contributed by atoms with Crippen LogP contribution in [0.25, 0.3) is 0 Å². The zero-order valence-electron chi connectivity index (χ0n) is 10.2. The molecule has 0 atom stereocenters. The number of halogens is 1. The van der Waals surface area contributed by atoms with Crippen molar-refractivity contribution in [3.8, 4) is 0 Å². The molecule has 0 saturated heterocycles. The van der Waals surface area contributed by atoms with Crippen LogP contribution in [0.2, 0.25) is 0 Å². The number of fused-ring (bicyclic) bond motifs is 1. The van der Waals surface area contributed by atoms with Gasteiger partial charge in [-0.1, -0.05) is 0 Å². The number of rotatable bonds is 3. The summed E-state index contributed by atoms with van der Waals surface area (Å²) in [5, 5.41) is 16.8. The van der Waals surface area contributed by atoms with Crippen LogP contribution in [0.1, 0.15) is 10.7 Å². The van der Waals surface area contributed by atoms with Gasteiger partial charge in [-0.3, -0.25) is 0 Å². The van der Waals surface area contributed by atoms with E-state index in [2.05, 4.69) is 26.1 Å². The van der Waals surface area contributed by atoms with Crippen LogP contribution in [0.5, 0.6) is 0 Å². The van der Waals surface area contributed by atoms with Gasteiger partial charge in [-0.15, -0.1) is 21.5 Å². The van der Waals surface area contributed by atoms with Crippen LogP contribution in [-0.2, 0) is 29.7 Å². The molecule has 0 saturated carbocycles. The number of thiophene rings is 1. The van der Waals surface area contributed by atoms with Gasteiger partial charge in [0.15, 0.2) is 0 Å². The molecule has 3 rings (SSSR count). The van der Waals surface area contributed by atoms with Gasteiger partial charge in [-0.2, -0.15) is 4.31 Å². The number of aliphatic hydroxyl groups excluding tert-OH is 1. The number of hydrogen-bond acceptors (Lipinski definition) is 6. The number of sulfonamides is 1. The molecular weight excluding hydrogens is 368 g/mol. The predicted octanol–water partition coefficient (Wildman–Crippen LogP) is 0.799. The molecule has 0 aromatic carbocycles. The molecule has 108 valence electrons. The predicted molar refractivity (Wildman–Crippen MR) is 75.6 cm³/mol. The first-order valence-electron chi connectivity index (χ1n) is 5.78. The standard InChI is InChI=1S/C10H11BrN4O3S2/c11-10-8(3-7(5-16)19-10)20(17,18)15-2-1-14-6-12-13-9(14)4-15/h3,6,16H,1-2,4-5H2. The lowest BCUT2D eigenvalue weighted by molar-refractivity contribution is 0.285. The fraction of sp³-hybridized carbons (Fsp3) is 0.400. The van der Waals surface area contributed by atoms with Gasteiger partial charge in [0.25, 0.3) is 0 Å². The van der Waals surface area contributed by atoms with E-state index in [1.807, 2.05) is 4.57 Å². The third-order valence-electron chi connectivity index (χ3n) is 3.08. The minimum Gasteiger partial charge on any atom is -0.391 e. The lowest BCUT2D eigenvalue weighted by Crippen LogP contribution is -2.38. The topological polar surface area (TPSA) is 88.3 Å². The lowest BCUT2D eigenvalue weighted by atomic mass is 10.4. The van der Waals surface area contributed by atoms with E-state index in [1.165, 1.54) is 21.7 Å². The van der Waals surface area contributed by atoms with Crippen molar-refractivity contribution >= 4 is 37.3 Å². The fourth-order valence-corrected chi connectivity index (χ4v) is 5.92. The van der Waals surface area contributed by atoms with Gasteiger partial charge in [0.05, 0.1) is 16.9 Å². The molecule has 1 aliphatic heterocycles. The zero-order chi connectivity index (χ0) is 14.3. The molecular formula is C10H11BrN4O3S2. The molecule has 0 bridgehead atoms. The van der Waals surface area contributed by atoms with Crippen molar-refractivity contribution in [1.82, 2.24) is 19.1 Å². The van der Waals surface area contributed by atoms with Crippen molar-refractivity contribution in [2.45, 2.75) is 24.6 Å². The monoisotopic (exact) mass is 378 g/mol. The summed E-state index contributed by atoms with van der Waals surface area (Å²) in [6, 6.07) is 1.50. The van der Waals surface area contributed by atoms with E-state index in [4.69, 9.17) is 5.11 Å². The summed E-state index contributed by atoms with van der Waals surface area (Å²) < 4.78 is 29.0. The van der Waals surface area contributed by atoms with Crippen LogP contribution in [0, 0.1) is 0 Å². The Morgan fingerprint density at radius 2 is 2.25 bits per heavy atom.